The van der Waals surface area contributed by atoms with E-state index in [0.717, 1.165) is 18.9 Å². The van der Waals surface area contributed by atoms with Crippen LogP contribution >= 0.6 is 0 Å². The highest BCUT2D eigenvalue weighted by molar-refractivity contribution is 5.66. The predicted molar refractivity (Wildman–Crippen MR) is 74.8 cm³/mol. The lowest BCUT2D eigenvalue weighted by molar-refractivity contribution is 0.234. The van der Waals surface area contributed by atoms with Crippen molar-refractivity contribution >= 4 is 11.5 Å². The summed E-state index contributed by atoms with van der Waals surface area (Å²) in [4.78, 5) is 8.17. The Morgan fingerprint density at radius 1 is 1.28 bits per heavy atom. The van der Waals surface area contributed by atoms with Crippen LogP contribution < -0.4 is 15.8 Å². The normalized spacial score (nSPS) is 11.0. The first-order valence-electron chi connectivity index (χ1n) is 6.51. The molecule has 1 aromatic rings. The zero-order valence-electron chi connectivity index (χ0n) is 11.7. The van der Waals surface area contributed by atoms with Gasteiger partial charge in [-0.1, -0.05) is 13.8 Å². The molecule has 0 aliphatic heterocycles. The molecule has 0 amide bonds. The minimum atomic E-state index is 0.0518. The maximum atomic E-state index is 5.96. The van der Waals surface area contributed by atoms with E-state index in [1.165, 1.54) is 12.7 Å². The standard InChI is InChI=1S/C13H24N4O/c1-9(2)6-5-7-15-12-11(14)13(17-8-16-12)18-10(3)4/h8-10H,5-7,14H2,1-4H3,(H,15,16,17). The highest BCUT2D eigenvalue weighted by Crippen LogP contribution is 2.25. The number of nitrogens with zero attached hydrogens (tertiary/aromatic N) is 2. The number of ether oxygens (including phenoxy) is 1. The van der Waals surface area contributed by atoms with Crippen molar-refractivity contribution in [3.05, 3.63) is 6.33 Å². The van der Waals surface area contributed by atoms with Crippen LogP contribution in [0.2, 0.25) is 0 Å². The third-order valence-corrected chi connectivity index (χ3v) is 2.45. The first kappa shape index (κ1) is 14.5. The number of anilines is 2. The molecule has 0 aliphatic carbocycles. The van der Waals surface area contributed by atoms with E-state index in [4.69, 9.17) is 10.5 Å². The molecule has 1 aromatic heterocycles. The fourth-order valence-electron chi connectivity index (χ4n) is 1.55. The van der Waals surface area contributed by atoms with E-state index in [-0.39, 0.29) is 6.10 Å². The first-order chi connectivity index (χ1) is 8.50. The molecule has 0 bridgehead atoms. The molecule has 18 heavy (non-hydrogen) atoms. The van der Waals surface area contributed by atoms with Gasteiger partial charge in [0, 0.05) is 6.54 Å². The van der Waals surface area contributed by atoms with E-state index in [9.17, 15) is 0 Å². The van der Waals surface area contributed by atoms with Crippen LogP contribution in [-0.4, -0.2) is 22.6 Å². The number of aromatic nitrogens is 2. The number of nitrogens with two attached hydrogens (primary N) is 1. The van der Waals surface area contributed by atoms with Crippen LogP contribution in [0.4, 0.5) is 11.5 Å². The predicted octanol–water partition coefficient (Wildman–Crippen LogP) is 2.69. The van der Waals surface area contributed by atoms with Crippen molar-refractivity contribution in [2.45, 2.75) is 46.6 Å². The monoisotopic (exact) mass is 252 g/mol. The van der Waals surface area contributed by atoms with Crippen LogP contribution in [0.3, 0.4) is 0 Å². The molecule has 0 spiro atoms. The fourth-order valence-corrected chi connectivity index (χ4v) is 1.55. The van der Waals surface area contributed by atoms with E-state index in [1.54, 1.807) is 0 Å². The molecule has 1 rings (SSSR count). The Bertz CT molecular complexity index is 366. The molecular weight excluding hydrogens is 228 g/mol. The minimum Gasteiger partial charge on any atom is -0.473 e. The third kappa shape index (κ3) is 4.77. The Balaban J connectivity index is 2.55. The summed E-state index contributed by atoms with van der Waals surface area (Å²) in [7, 11) is 0. The van der Waals surface area contributed by atoms with Gasteiger partial charge in [0.1, 0.15) is 12.0 Å². The Hall–Kier alpha value is -1.52. The zero-order chi connectivity index (χ0) is 13.5. The lowest BCUT2D eigenvalue weighted by Gasteiger charge is -2.13. The third-order valence-electron chi connectivity index (χ3n) is 2.45. The lowest BCUT2D eigenvalue weighted by atomic mass is 10.1. The zero-order valence-corrected chi connectivity index (χ0v) is 11.7. The molecule has 0 aliphatic rings. The number of hydrogen-bond acceptors (Lipinski definition) is 5. The quantitative estimate of drug-likeness (QED) is 0.730. The van der Waals surface area contributed by atoms with Crippen LogP contribution in [0, 0.1) is 5.92 Å². The Morgan fingerprint density at radius 2 is 2.00 bits per heavy atom. The summed E-state index contributed by atoms with van der Waals surface area (Å²) < 4.78 is 5.51. The van der Waals surface area contributed by atoms with Crippen molar-refractivity contribution < 1.29 is 4.74 Å². The molecule has 0 saturated carbocycles. The van der Waals surface area contributed by atoms with Crippen molar-refractivity contribution in [1.82, 2.24) is 9.97 Å². The van der Waals surface area contributed by atoms with E-state index >= 15 is 0 Å². The molecular formula is C13H24N4O. The topological polar surface area (TPSA) is 73.1 Å². The number of nitrogen functional groups attached to an aromatic ring is 1. The van der Waals surface area contributed by atoms with Crippen LogP contribution in [-0.2, 0) is 0 Å². The molecule has 0 fully saturated rings. The summed E-state index contributed by atoms with van der Waals surface area (Å²) in [5.41, 5.74) is 6.44. The first-order valence-corrected chi connectivity index (χ1v) is 6.51. The summed E-state index contributed by atoms with van der Waals surface area (Å²) >= 11 is 0. The van der Waals surface area contributed by atoms with Crippen molar-refractivity contribution in [1.29, 1.82) is 0 Å². The smallest absolute Gasteiger partial charge is 0.242 e. The van der Waals surface area contributed by atoms with Gasteiger partial charge in [0.15, 0.2) is 5.82 Å². The Kier molecular flexibility index (Phi) is 5.68. The Morgan fingerprint density at radius 3 is 2.61 bits per heavy atom. The van der Waals surface area contributed by atoms with Crippen molar-refractivity contribution in [3.8, 4) is 5.88 Å². The summed E-state index contributed by atoms with van der Waals surface area (Å²) in [5.74, 6) is 1.82. The molecule has 0 atom stereocenters. The maximum Gasteiger partial charge on any atom is 0.242 e. The van der Waals surface area contributed by atoms with Crippen LogP contribution in [0.25, 0.3) is 0 Å². The second-order valence-corrected chi connectivity index (χ2v) is 5.07. The van der Waals surface area contributed by atoms with Crippen molar-refractivity contribution in [3.63, 3.8) is 0 Å². The minimum absolute atomic E-state index is 0.0518. The number of hydrogen-bond donors (Lipinski definition) is 2. The average Bonchev–Trinajstić information content (AvgIpc) is 2.28. The van der Waals surface area contributed by atoms with Gasteiger partial charge >= 0.3 is 0 Å². The molecule has 0 radical (unpaired) electrons. The molecule has 1 heterocycles. The van der Waals surface area contributed by atoms with Gasteiger partial charge in [-0.15, -0.1) is 0 Å². The highest BCUT2D eigenvalue weighted by atomic mass is 16.5. The van der Waals surface area contributed by atoms with Crippen molar-refractivity contribution in [2.24, 2.45) is 5.92 Å². The van der Waals surface area contributed by atoms with Gasteiger partial charge in [0.05, 0.1) is 6.10 Å². The van der Waals surface area contributed by atoms with Gasteiger partial charge in [0.2, 0.25) is 5.88 Å². The van der Waals surface area contributed by atoms with E-state index in [1.807, 2.05) is 13.8 Å². The fraction of sp³-hybridized carbons (Fsp3) is 0.692. The van der Waals surface area contributed by atoms with Gasteiger partial charge in [-0.3, -0.25) is 0 Å². The van der Waals surface area contributed by atoms with Gasteiger partial charge in [-0.25, -0.2) is 4.98 Å². The lowest BCUT2D eigenvalue weighted by Crippen LogP contribution is -2.12. The molecule has 0 saturated heterocycles. The Labute approximate surface area is 109 Å². The maximum absolute atomic E-state index is 5.96. The SMILES string of the molecule is CC(C)CCCNc1ncnc(OC(C)C)c1N. The summed E-state index contributed by atoms with van der Waals surface area (Å²) in [6, 6.07) is 0. The van der Waals surface area contributed by atoms with Crippen LogP contribution in [0.15, 0.2) is 6.33 Å². The number of rotatable bonds is 7. The summed E-state index contributed by atoms with van der Waals surface area (Å²) in [5, 5.41) is 3.23. The molecule has 5 nitrogen and oxygen atoms in total. The second-order valence-electron chi connectivity index (χ2n) is 5.07. The molecule has 102 valence electrons. The van der Waals surface area contributed by atoms with E-state index in [2.05, 4.69) is 29.1 Å². The van der Waals surface area contributed by atoms with Crippen molar-refractivity contribution in [2.75, 3.05) is 17.6 Å². The average molecular weight is 252 g/mol. The molecule has 0 aromatic carbocycles. The van der Waals surface area contributed by atoms with Crippen LogP contribution in [0.1, 0.15) is 40.5 Å². The summed E-state index contributed by atoms with van der Waals surface area (Å²) in [6.07, 6.45) is 3.81. The molecule has 5 heteroatoms. The van der Waals surface area contributed by atoms with Gasteiger partial charge < -0.3 is 15.8 Å². The molecule has 3 N–H and O–H groups in total. The van der Waals surface area contributed by atoms with Gasteiger partial charge in [0.25, 0.3) is 0 Å². The van der Waals surface area contributed by atoms with Gasteiger partial charge in [-0.05, 0) is 32.6 Å². The van der Waals surface area contributed by atoms with E-state index in [0.29, 0.717) is 17.4 Å². The van der Waals surface area contributed by atoms with Gasteiger partial charge in [-0.2, -0.15) is 4.98 Å². The highest BCUT2D eigenvalue weighted by Gasteiger charge is 2.10. The second kappa shape index (κ2) is 7.03. The van der Waals surface area contributed by atoms with E-state index < -0.39 is 0 Å². The number of nitrogens with one attached hydrogen (secondary N) is 1. The molecule has 0 unspecified atom stereocenters. The summed E-state index contributed by atoms with van der Waals surface area (Å²) in [6.45, 7) is 9.18. The van der Waals surface area contributed by atoms with Crippen LogP contribution in [0.5, 0.6) is 5.88 Å². The largest absolute Gasteiger partial charge is 0.473 e.